The van der Waals surface area contributed by atoms with Gasteiger partial charge < -0.3 is 13.3 Å². The molecule has 0 unspecified atom stereocenters. The Morgan fingerprint density at radius 1 is 0.167 bits per heavy atom. The molecule has 0 radical (unpaired) electrons. The van der Waals surface area contributed by atoms with Crippen LogP contribution in [-0.2, 0) is 5.41 Å². The molecule has 672 valence electrons. The summed E-state index contributed by atoms with van der Waals surface area (Å²) in [5.74, 6) is 0. The van der Waals surface area contributed by atoms with Crippen LogP contribution in [0.4, 0.5) is 0 Å². The van der Waals surface area contributed by atoms with Crippen molar-refractivity contribution >= 4 is 163 Å². The fraction of sp³-hybridized carbons (Fsp3) is 0.0213. The zero-order chi connectivity index (χ0) is 116. The summed E-state index contributed by atoms with van der Waals surface area (Å²) in [5.41, 5.74) is 21.3. The molecule has 144 heavy (non-hydrogen) atoms. The average Bonchev–Trinajstić information content (AvgIpc) is 0.935. The van der Waals surface area contributed by atoms with Crippen molar-refractivity contribution in [2.45, 2.75) is 19.3 Å². The minimum absolute atomic E-state index is 0.182. The Kier molecular flexibility index (Phi) is 14.7. The average molecular weight is 1860 g/mol. The second-order valence-corrected chi connectivity index (χ2v) is 37.1. The highest BCUT2D eigenvalue weighted by Crippen LogP contribution is 2.55. The SMILES string of the molecule is [2H]c1c([2H])c([2H])c2c(-c3ccc(-c4cccc5oc6c7ccccc7ccc6c45)cc3)c3c([2H])c([2H])c([2H])c([2H])c3c(-c3ccccc3)c2c1[2H].[2H]c1c([2H])c([2H])c2c(-c3ccc4c(c3)-c3ccccc3C4(C)C)c3c([2H])c([2H])c([2H])c([2H])c3c(-c3ccc(-c4cccc5oc6c7ccccc7ccc6c45)cc3)c2c1[2H].[2H]c1c([2H])c([2H])c2c(-c3cccc(-c4ccccc4)c3)c3c([2H])c([2H])c([2H])c([2H])c3c(-c3ccc(-c4cccc5oc6c7ccccc7ccc6c45)cc3)c2c1[2H]. The maximum atomic E-state index is 9.44. The van der Waals surface area contributed by atoms with E-state index in [4.69, 9.17) is 35.2 Å². The summed E-state index contributed by atoms with van der Waals surface area (Å²) in [5, 5.41) is 14.5. The van der Waals surface area contributed by atoms with Crippen molar-refractivity contribution in [2.24, 2.45) is 0 Å². The molecule has 29 aromatic rings. The summed E-state index contributed by atoms with van der Waals surface area (Å²) in [6, 6.07) is 109. The summed E-state index contributed by atoms with van der Waals surface area (Å²) in [4.78, 5) is 0. The van der Waals surface area contributed by atoms with E-state index in [-0.39, 0.29) is 143 Å². The van der Waals surface area contributed by atoms with Gasteiger partial charge in [-0.05, 0) is 263 Å². The van der Waals surface area contributed by atoms with Gasteiger partial charge >= 0.3 is 0 Å². The number of fused-ring (bicyclic) bond motifs is 24. The van der Waals surface area contributed by atoms with Crippen LogP contribution in [0.2, 0.25) is 0 Å². The Balaban J connectivity index is 0.000000117. The van der Waals surface area contributed by atoms with Crippen molar-refractivity contribution < 1.29 is 46.1 Å². The van der Waals surface area contributed by atoms with Crippen LogP contribution in [0.5, 0.6) is 0 Å². The molecule has 0 amide bonds. The predicted molar refractivity (Wildman–Crippen MR) is 611 cm³/mol. The van der Waals surface area contributed by atoms with Gasteiger partial charge in [0, 0.05) is 53.9 Å². The molecule has 0 spiro atoms. The molecule has 0 atom stereocenters. The molecule has 30 rings (SSSR count). The normalized spacial score (nSPS) is 14.6. The molecule has 0 saturated heterocycles. The van der Waals surface area contributed by atoms with Crippen LogP contribution in [0.3, 0.4) is 0 Å². The van der Waals surface area contributed by atoms with Crippen LogP contribution in [0.1, 0.15) is 57.9 Å². The predicted octanol–water partition coefficient (Wildman–Crippen LogP) is 40.1. The molecule has 3 aromatic heterocycles. The molecule has 26 aromatic carbocycles. The minimum atomic E-state index is -0.430. The van der Waals surface area contributed by atoms with Gasteiger partial charge in [-0.3, -0.25) is 0 Å². The van der Waals surface area contributed by atoms with Crippen molar-refractivity contribution in [3.8, 4) is 122 Å². The van der Waals surface area contributed by atoms with Gasteiger partial charge in [0.15, 0.2) is 0 Å². The Morgan fingerprint density at radius 2 is 0.417 bits per heavy atom. The van der Waals surface area contributed by atoms with Gasteiger partial charge in [0.25, 0.3) is 0 Å². The number of rotatable bonds is 10. The van der Waals surface area contributed by atoms with Crippen LogP contribution >= 0.6 is 0 Å². The number of hydrogen-bond donors (Lipinski definition) is 0. The Hall–Kier alpha value is -18.5. The molecule has 1 aliphatic rings. The lowest BCUT2D eigenvalue weighted by atomic mass is 9.81. The lowest BCUT2D eigenvalue weighted by molar-refractivity contribution is 0.660. The van der Waals surface area contributed by atoms with Crippen molar-refractivity contribution in [1.29, 1.82) is 0 Å². The second-order valence-electron chi connectivity index (χ2n) is 37.1. The molecule has 0 aliphatic heterocycles. The Morgan fingerprint density at radius 3 is 0.771 bits per heavy atom. The van der Waals surface area contributed by atoms with E-state index in [1.807, 2.05) is 255 Å². The molecule has 3 heteroatoms. The molecule has 0 fully saturated rings. The van der Waals surface area contributed by atoms with Gasteiger partial charge in [-0.15, -0.1) is 0 Å². The van der Waals surface area contributed by atoms with E-state index >= 15 is 0 Å². The number of furan rings is 3. The van der Waals surface area contributed by atoms with Crippen molar-refractivity contribution in [1.82, 2.24) is 0 Å². The molecular formula is C141H90O3. The highest BCUT2D eigenvalue weighted by atomic mass is 16.3. The van der Waals surface area contributed by atoms with E-state index in [0.29, 0.717) is 66.8 Å². The third-order valence-electron chi connectivity index (χ3n) is 28.9. The van der Waals surface area contributed by atoms with Gasteiger partial charge in [0.05, 0.1) is 32.9 Å². The summed E-state index contributed by atoms with van der Waals surface area (Å²) in [6.45, 7) is 4.35. The summed E-state index contributed by atoms with van der Waals surface area (Å²) in [6.07, 6.45) is 0. The molecule has 1 aliphatic carbocycles. The Bertz CT molecular complexity index is 11600. The first-order valence-electron chi connectivity index (χ1n) is 59.8. The van der Waals surface area contributed by atoms with Crippen LogP contribution < -0.4 is 0 Å². The zero-order valence-electron chi connectivity index (χ0n) is 101. The first-order valence-corrected chi connectivity index (χ1v) is 47.8. The largest absolute Gasteiger partial charge is 0.455 e. The van der Waals surface area contributed by atoms with Crippen LogP contribution in [0.15, 0.2) is 522 Å². The molecule has 0 bridgehead atoms. The maximum absolute atomic E-state index is 9.44. The first kappa shape index (κ1) is 62.4. The third kappa shape index (κ3) is 13.6. The van der Waals surface area contributed by atoms with Gasteiger partial charge in [0.2, 0.25) is 0 Å². The standard InChI is InChI=1S/C51H34O.C48H30O.C42H26O/c1-51(2)44-20-10-9-14-37(44)43-30-34(27-29-45(43)51)48-40-17-7-5-15-38(40)47(39-16-6-8-18-41(39)48)33-24-22-32(23-25-33)35-19-11-21-46-49(35)42-28-26-31-12-3-4-13-36(31)50(42)52-46;1-2-12-31(13-3-1)35-15-10-16-36(30-35)46-41-20-8-6-18-39(41)45(40-19-7-9-21-42(40)46)34-26-24-33(25-27-34)37-22-11-23-44-47(37)43-29-28-32-14-4-5-17-38(32)48(43)49-44;1-2-12-29(13-3-1)39-33-15-6-8-17-35(33)40(36-18-9-7-16-34(36)39)30-23-21-28(22-24-30)31-19-10-20-38-41(31)37-26-25-27-11-4-5-14-32(27)42(37)43-38/h3-30H,1-2H3;1-30H;1-26H/i5D,6D,7D,8D,15D,16D,17D,18D;6D,7D,8D,9D,18D,19D,20D,21D;6D,7D,8D,9D,15D,16D,17D,18D. The highest BCUT2D eigenvalue weighted by Gasteiger charge is 2.36. The quantitative estimate of drug-likeness (QED) is 0.128. The number of benzene rings is 26. The molecule has 3 nitrogen and oxygen atoms in total. The summed E-state index contributed by atoms with van der Waals surface area (Å²) in [7, 11) is 0. The van der Waals surface area contributed by atoms with Crippen LogP contribution in [0.25, 0.3) is 285 Å². The molecule has 3 heterocycles. The lowest BCUT2D eigenvalue weighted by Gasteiger charge is -2.22. The zero-order valence-corrected chi connectivity index (χ0v) is 77.4. The van der Waals surface area contributed by atoms with Gasteiger partial charge in [0.1, 0.15) is 33.5 Å². The van der Waals surface area contributed by atoms with E-state index in [1.165, 1.54) is 5.56 Å². The molecule has 0 N–H and O–H groups in total. The minimum Gasteiger partial charge on any atom is -0.455 e. The van der Waals surface area contributed by atoms with Crippen molar-refractivity contribution in [3.05, 3.63) is 520 Å². The van der Waals surface area contributed by atoms with Crippen molar-refractivity contribution in [2.75, 3.05) is 0 Å². The smallest absolute Gasteiger partial charge is 0.143 e. The van der Waals surface area contributed by atoms with E-state index in [2.05, 4.69) is 98.8 Å². The van der Waals surface area contributed by atoms with Crippen LogP contribution in [-0.4, -0.2) is 0 Å². The van der Waals surface area contributed by atoms with E-state index < -0.39 is 72.5 Å². The lowest BCUT2D eigenvalue weighted by Crippen LogP contribution is -2.14. The highest BCUT2D eigenvalue weighted by molar-refractivity contribution is 6.28. The van der Waals surface area contributed by atoms with Gasteiger partial charge in [-0.1, -0.05) is 474 Å². The monoisotopic (exact) mass is 1850 g/mol. The summed E-state index contributed by atoms with van der Waals surface area (Å²) < 4.78 is 236. The fourth-order valence-electron chi connectivity index (χ4n) is 22.4. The number of hydrogen-bond acceptors (Lipinski definition) is 3. The summed E-state index contributed by atoms with van der Waals surface area (Å²) >= 11 is 0. The van der Waals surface area contributed by atoms with E-state index in [9.17, 15) is 11.0 Å². The van der Waals surface area contributed by atoms with E-state index in [1.54, 1.807) is 24.3 Å². The molecule has 0 saturated carbocycles. The maximum Gasteiger partial charge on any atom is 0.143 e. The second kappa shape index (κ2) is 33.9. The van der Waals surface area contributed by atoms with Crippen molar-refractivity contribution in [3.63, 3.8) is 0 Å². The van der Waals surface area contributed by atoms with E-state index in [0.717, 1.165) is 159 Å². The van der Waals surface area contributed by atoms with Crippen LogP contribution in [0, 0.1) is 0 Å². The topological polar surface area (TPSA) is 39.4 Å². The molecular weight excluding hydrogens is 1740 g/mol. The third-order valence-corrected chi connectivity index (χ3v) is 28.9. The Labute approximate surface area is 866 Å². The first-order chi connectivity index (χ1) is 81.2. The van der Waals surface area contributed by atoms with Gasteiger partial charge in [-0.2, -0.15) is 0 Å². The fourth-order valence-corrected chi connectivity index (χ4v) is 22.4. The van der Waals surface area contributed by atoms with Gasteiger partial charge in [-0.25, -0.2) is 0 Å².